The van der Waals surface area contributed by atoms with Gasteiger partial charge in [0, 0.05) is 10.9 Å². The minimum absolute atomic E-state index is 0.0381. The van der Waals surface area contributed by atoms with E-state index in [0.29, 0.717) is 0 Å². The van der Waals surface area contributed by atoms with Gasteiger partial charge in [0.05, 0.1) is 12.9 Å². The van der Waals surface area contributed by atoms with E-state index in [0.717, 1.165) is 22.1 Å². The van der Waals surface area contributed by atoms with Crippen molar-refractivity contribution in [3.63, 3.8) is 0 Å². The van der Waals surface area contributed by atoms with E-state index in [-0.39, 0.29) is 6.61 Å². The molecule has 2 heteroatoms. The van der Waals surface area contributed by atoms with Crippen LogP contribution in [0.3, 0.4) is 0 Å². The van der Waals surface area contributed by atoms with Crippen molar-refractivity contribution in [2.45, 2.75) is 13.5 Å². The van der Waals surface area contributed by atoms with E-state index in [9.17, 15) is 0 Å². The molecule has 0 saturated heterocycles. The normalized spacial score (nSPS) is 10.8. The minimum Gasteiger partial charge on any atom is -0.464 e. The number of aliphatic hydroxyl groups is 1. The summed E-state index contributed by atoms with van der Waals surface area (Å²) in [6.45, 7) is 2.03. The zero-order valence-corrected chi connectivity index (χ0v) is 6.87. The van der Waals surface area contributed by atoms with E-state index in [2.05, 4.69) is 0 Å². The Morgan fingerprint density at radius 3 is 3.00 bits per heavy atom. The fraction of sp³-hybridized carbons (Fsp3) is 0.200. The van der Waals surface area contributed by atoms with Crippen LogP contribution in [0.2, 0.25) is 0 Å². The summed E-state index contributed by atoms with van der Waals surface area (Å²) in [7, 11) is 0. The molecular formula is C10H10O2. The molecule has 62 valence electrons. The van der Waals surface area contributed by atoms with Crippen molar-refractivity contribution in [3.8, 4) is 0 Å². The van der Waals surface area contributed by atoms with Crippen LogP contribution >= 0.6 is 0 Å². The Kier molecular flexibility index (Phi) is 1.62. The Morgan fingerprint density at radius 1 is 1.42 bits per heavy atom. The molecule has 1 aromatic heterocycles. The monoisotopic (exact) mass is 162 g/mol. The van der Waals surface area contributed by atoms with Gasteiger partial charge < -0.3 is 9.52 Å². The van der Waals surface area contributed by atoms with Gasteiger partial charge in [-0.15, -0.1) is 0 Å². The molecule has 1 aromatic carbocycles. The van der Waals surface area contributed by atoms with E-state index < -0.39 is 0 Å². The number of para-hydroxylation sites is 1. The molecule has 0 amide bonds. The molecule has 2 rings (SSSR count). The zero-order chi connectivity index (χ0) is 8.55. The fourth-order valence-corrected chi connectivity index (χ4v) is 1.38. The first-order valence-electron chi connectivity index (χ1n) is 3.89. The van der Waals surface area contributed by atoms with Gasteiger partial charge in [-0.05, 0) is 12.5 Å². The average molecular weight is 162 g/mol. The summed E-state index contributed by atoms with van der Waals surface area (Å²) in [6, 6.07) is 5.91. The highest BCUT2D eigenvalue weighted by Crippen LogP contribution is 2.23. The average Bonchev–Trinajstić information content (AvgIpc) is 2.49. The van der Waals surface area contributed by atoms with Gasteiger partial charge in [-0.25, -0.2) is 0 Å². The molecule has 0 bridgehead atoms. The van der Waals surface area contributed by atoms with Crippen molar-refractivity contribution < 1.29 is 9.52 Å². The lowest BCUT2D eigenvalue weighted by Crippen LogP contribution is -1.78. The Morgan fingerprint density at radius 2 is 2.25 bits per heavy atom. The first kappa shape index (κ1) is 7.37. The molecule has 1 heterocycles. The third-order valence-electron chi connectivity index (χ3n) is 2.05. The van der Waals surface area contributed by atoms with Crippen molar-refractivity contribution in [2.24, 2.45) is 0 Å². The van der Waals surface area contributed by atoms with Crippen LogP contribution in [0.15, 0.2) is 28.9 Å². The van der Waals surface area contributed by atoms with Crippen molar-refractivity contribution >= 4 is 11.0 Å². The molecular weight excluding hydrogens is 152 g/mol. The van der Waals surface area contributed by atoms with Gasteiger partial charge in [0.15, 0.2) is 0 Å². The van der Waals surface area contributed by atoms with Gasteiger partial charge in [0.2, 0.25) is 0 Å². The SMILES string of the molecule is Cc1cccc2c(CO)coc12. The van der Waals surface area contributed by atoms with Crippen molar-refractivity contribution in [3.05, 3.63) is 35.6 Å². The van der Waals surface area contributed by atoms with E-state index >= 15 is 0 Å². The van der Waals surface area contributed by atoms with E-state index in [4.69, 9.17) is 9.52 Å². The van der Waals surface area contributed by atoms with Gasteiger partial charge in [-0.2, -0.15) is 0 Å². The molecule has 0 aliphatic heterocycles. The highest BCUT2D eigenvalue weighted by molar-refractivity contribution is 5.83. The maximum atomic E-state index is 8.96. The van der Waals surface area contributed by atoms with Gasteiger partial charge in [0.25, 0.3) is 0 Å². The number of hydrogen-bond acceptors (Lipinski definition) is 2. The second kappa shape index (κ2) is 2.64. The lowest BCUT2D eigenvalue weighted by atomic mass is 10.1. The van der Waals surface area contributed by atoms with Crippen LogP contribution in [0.5, 0.6) is 0 Å². The molecule has 0 atom stereocenters. The third kappa shape index (κ3) is 0.924. The molecule has 1 N–H and O–H groups in total. The summed E-state index contributed by atoms with van der Waals surface area (Å²) in [6.07, 6.45) is 1.61. The van der Waals surface area contributed by atoms with Gasteiger partial charge >= 0.3 is 0 Å². The Bertz CT molecular complexity index is 401. The summed E-state index contributed by atoms with van der Waals surface area (Å²) in [4.78, 5) is 0. The van der Waals surface area contributed by atoms with Crippen LogP contribution in [0.4, 0.5) is 0 Å². The highest BCUT2D eigenvalue weighted by Gasteiger charge is 2.05. The van der Waals surface area contributed by atoms with Crippen LogP contribution in [-0.4, -0.2) is 5.11 Å². The van der Waals surface area contributed by atoms with Gasteiger partial charge in [0.1, 0.15) is 5.58 Å². The first-order chi connectivity index (χ1) is 5.83. The van der Waals surface area contributed by atoms with Crippen molar-refractivity contribution in [2.75, 3.05) is 0 Å². The maximum absolute atomic E-state index is 8.96. The Labute approximate surface area is 70.4 Å². The van der Waals surface area contributed by atoms with Crippen LogP contribution < -0.4 is 0 Å². The maximum Gasteiger partial charge on any atom is 0.137 e. The number of aliphatic hydroxyl groups excluding tert-OH is 1. The molecule has 0 unspecified atom stereocenters. The number of rotatable bonds is 1. The first-order valence-corrected chi connectivity index (χ1v) is 3.89. The molecule has 0 aliphatic rings. The van der Waals surface area contributed by atoms with E-state index in [1.165, 1.54) is 0 Å². The number of fused-ring (bicyclic) bond motifs is 1. The van der Waals surface area contributed by atoms with Crippen LogP contribution in [-0.2, 0) is 6.61 Å². The smallest absolute Gasteiger partial charge is 0.137 e. The molecule has 2 aromatic rings. The second-order valence-electron chi connectivity index (χ2n) is 2.87. The molecule has 0 aliphatic carbocycles. The molecule has 0 radical (unpaired) electrons. The lowest BCUT2D eigenvalue weighted by molar-refractivity contribution is 0.281. The molecule has 0 spiro atoms. The standard InChI is InChI=1S/C10H10O2/c1-7-3-2-4-9-8(5-11)6-12-10(7)9/h2-4,6,11H,5H2,1H3. The number of hydrogen-bond donors (Lipinski definition) is 1. The fourth-order valence-electron chi connectivity index (χ4n) is 1.38. The zero-order valence-electron chi connectivity index (χ0n) is 6.87. The summed E-state index contributed by atoms with van der Waals surface area (Å²) in [5, 5.41) is 9.97. The predicted octanol–water partition coefficient (Wildman–Crippen LogP) is 2.23. The van der Waals surface area contributed by atoms with E-state index in [1.54, 1.807) is 6.26 Å². The molecule has 2 nitrogen and oxygen atoms in total. The van der Waals surface area contributed by atoms with Crippen LogP contribution in [0.1, 0.15) is 11.1 Å². The summed E-state index contributed by atoms with van der Waals surface area (Å²) in [5.41, 5.74) is 2.84. The van der Waals surface area contributed by atoms with Crippen LogP contribution in [0.25, 0.3) is 11.0 Å². The number of furan rings is 1. The topological polar surface area (TPSA) is 33.4 Å². The lowest BCUT2D eigenvalue weighted by Gasteiger charge is -1.93. The Balaban J connectivity index is 2.80. The van der Waals surface area contributed by atoms with Crippen LogP contribution in [0, 0.1) is 6.92 Å². The molecule has 12 heavy (non-hydrogen) atoms. The van der Waals surface area contributed by atoms with Gasteiger partial charge in [-0.1, -0.05) is 18.2 Å². The molecule has 0 saturated carbocycles. The summed E-state index contributed by atoms with van der Waals surface area (Å²) < 4.78 is 5.31. The third-order valence-corrected chi connectivity index (χ3v) is 2.05. The number of aryl methyl sites for hydroxylation is 1. The highest BCUT2D eigenvalue weighted by atomic mass is 16.3. The van der Waals surface area contributed by atoms with Gasteiger partial charge in [-0.3, -0.25) is 0 Å². The predicted molar refractivity (Wildman–Crippen MR) is 46.9 cm³/mol. The number of benzene rings is 1. The molecule has 0 fully saturated rings. The Hall–Kier alpha value is -1.28. The van der Waals surface area contributed by atoms with E-state index in [1.807, 2.05) is 25.1 Å². The summed E-state index contributed by atoms with van der Waals surface area (Å²) in [5.74, 6) is 0. The minimum atomic E-state index is 0.0381. The van der Waals surface area contributed by atoms with Crippen molar-refractivity contribution in [1.29, 1.82) is 0 Å². The largest absolute Gasteiger partial charge is 0.464 e. The summed E-state index contributed by atoms with van der Waals surface area (Å²) >= 11 is 0. The second-order valence-corrected chi connectivity index (χ2v) is 2.87. The quantitative estimate of drug-likeness (QED) is 0.697. The van der Waals surface area contributed by atoms with Crippen molar-refractivity contribution in [1.82, 2.24) is 0 Å².